The molecule has 40 heteroatoms. The summed E-state index contributed by atoms with van der Waals surface area (Å²) in [4.78, 5) is 112. The minimum atomic E-state index is -1.05. The summed E-state index contributed by atoms with van der Waals surface area (Å²) in [5, 5.41) is 20.4. The molecule has 2 atom stereocenters. The van der Waals surface area contributed by atoms with Crippen molar-refractivity contribution in [2.45, 2.75) is 121 Å². The number of aliphatic hydroxyl groups is 1. The van der Waals surface area contributed by atoms with E-state index in [1.165, 1.54) is 44.5 Å². The van der Waals surface area contributed by atoms with Crippen LogP contribution < -0.4 is 11.2 Å². The maximum Gasteiger partial charge on any atom is 0.309 e. The Morgan fingerprint density at radius 2 is 0.561 bits per heavy atom. The highest BCUT2D eigenvalue weighted by Gasteiger charge is 2.44. The monoisotopic (exact) mass is 1980 g/mol. The number of fused-ring (bicyclic) bond motifs is 6. The highest BCUT2D eigenvalue weighted by atomic mass is 17.3. The summed E-state index contributed by atoms with van der Waals surface area (Å²) in [6.07, 6.45) is 7.13. The zero-order chi connectivity index (χ0) is 98.7. The lowest BCUT2D eigenvalue weighted by atomic mass is 9.70. The molecule has 0 spiro atoms. The fourth-order valence-corrected chi connectivity index (χ4v) is 14.6. The van der Waals surface area contributed by atoms with Crippen LogP contribution >= 0.6 is 0 Å². The van der Waals surface area contributed by atoms with E-state index in [1.807, 2.05) is 13.8 Å². The smallest absolute Gasteiger partial charge is 0.309 e. The van der Waals surface area contributed by atoms with Gasteiger partial charge in [-0.2, -0.15) is 0 Å². The standard InChI is InChI=1S/C99H156BNO38/c1-96(2,104)97(3,4)139-100-86-22-26-88-87-23-20-84(77-91(87)98(5,92(88)80-86)27-8-9-30-101)85-21-25-90-89-24-19-83(82-17-15-81(16-18-82)13-10-14-95(102)103)78-93(89)99(94(90)79-85,28-11-31-107-36-37-110-40-41-112-44-45-114-48-49-116-52-53-118-55-54-117-51-50-115-47-46-113-43-42-111-39-38-109-35-33-105-6)29-12-32-108-56-58-120-122-60-62-124-126-64-66-128-130-68-70-132-134-72-74-136-138-76-75-137-135-73-71-133-131-69-67-129-127-65-63-125-123-61-59-121-119-57-34-106-7/h15-26,77-80,100,104H,8-14,27-76,101H2,1-7H3,(H,102,103). The lowest BCUT2D eigenvalue weighted by Gasteiger charge is -2.37. The molecule has 0 heterocycles. The molecule has 0 bridgehead atoms. The molecule has 0 aliphatic heterocycles. The normalized spacial score (nSPS) is 14.5. The first-order valence-corrected chi connectivity index (χ1v) is 48.5. The topological polar surface area (TPSA) is 407 Å². The number of aryl methyl sites for hydroxylation is 1. The van der Waals surface area contributed by atoms with Gasteiger partial charge in [0.05, 0.1) is 170 Å². The molecule has 2 aliphatic carbocycles. The Bertz CT molecular complexity index is 3850. The fraction of sp³-hybridized carbons (Fsp3) is 0.687. The van der Waals surface area contributed by atoms with E-state index in [1.54, 1.807) is 28.1 Å². The highest BCUT2D eigenvalue weighted by Crippen LogP contribution is 2.57. The zero-order valence-corrected chi connectivity index (χ0v) is 82.9. The van der Waals surface area contributed by atoms with Crippen LogP contribution in [0.1, 0.15) is 120 Å². The predicted molar refractivity (Wildman–Crippen MR) is 508 cm³/mol. The lowest BCUT2D eigenvalue weighted by Crippen LogP contribution is -2.49. The first kappa shape index (κ1) is 120. The molecule has 0 amide bonds. The molecule has 39 nitrogen and oxygen atoms in total. The molecular weight excluding hydrogens is 1820 g/mol. The van der Waals surface area contributed by atoms with E-state index in [2.05, 4.69) is 104 Å². The molecule has 139 heavy (non-hydrogen) atoms. The van der Waals surface area contributed by atoms with E-state index >= 15 is 0 Å². The van der Waals surface area contributed by atoms with Crippen LogP contribution in [-0.4, -0.2) is 360 Å². The van der Waals surface area contributed by atoms with Gasteiger partial charge in [-0.15, -0.1) is 0 Å². The van der Waals surface area contributed by atoms with Crippen LogP contribution in [0.2, 0.25) is 0 Å². The van der Waals surface area contributed by atoms with E-state index in [4.69, 9.17) is 174 Å². The zero-order valence-electron chi connectivity index (χ0n) is 82.9. The number of ether oxygens (including phenoxy) is 14. The third kappa shape index (κ3) is 50.2. The summed E-state index contributed by atoms with van der Waals surface area (Å²) >= 11 is 0. The molecule has 7 rings (SSSR count). The van der Waals surface area contributed by atoms with E-state index in [0.717, 1.165) is 78.2 Å². The summed E-state index contributed by atoms with van der Waals surface area (Å²) in [6, 6.07) is 36.1. The number of carboxylic acid groups (broad SMARTS) is 1. The first-order chi connectivity index (χ1) is 68.2. The number of nitrogens with two attached hydrogens (primary N) is 1. The van der Waals surface area contributed by atoms with Gasteiger partial charge in [-0.05, 0) is 176 Å². The molecule has 788 valence electrons. The third-order valence-electron chi connectivity index (χ3n) is 22.3. The molecule has 0 aromatic heterocycles. The molecule has 5 aromatic rings. The molecule has 0 fully saturated rings. The number of methoxy groups -OCH3 is 2. The summed E-state index contributed by atoms with van der Waals surface area (Å²) in [5.74, 6) is -0.800. The lowest BCUT2D eigenvalue weighted by molar-refractivity contribution is -0.379. The van der Waals surface area contributed by atoms with Crippen LogP contribution in [-0.2, 0) is 191 Å². The molecule has 0 radical (unpaired) electrons. The second kappa shape index (κ2) is 76.7. The number of unbranched alkanes of at least 4 members (excludes halogenated alkanes) is 1. The summed E-state index contributed by atoms with van der Waals surface area (Å²) in [7, 11) is 3.56. The molecular formula is C99H156BNO38. The van der Waals surface area contributed by atoms with Gasteiger partial charge in [0.15, 0.2) is 0 Å². The minimum Gasteiger partial charge on any atom is -0.481 e. The average Bonchev–Trinajstić information content (AvgIpc) is 1.55. The van der Waals surface area contributed by atoms with Gasteiger partial charge in [-0.3, -0.25) is 4.79 Å². The maximum absolute atomic E-state index is 11.4. The number of carboxylic acids is 1. The molecule has 2 unspecified atom stereocenters. The largest absolute Gasteiger partial charge is 0.481 e. The quantitative estimate of drug-likeness (QED) is 0.0141. The Hall–Kier alpha value is -5.85. The van der Waals surface area contributed by atoms with Crippen molar-refractivity contribution in [3.63, 3.8) is 0 Å². The maximum atomic E-state index is 11.4. The van der Waals surface area contributed by atoms with Gasteiger partial charge < -0.3 is 86.9 Å². The van der Waals surface area contributed by atoms with Crippen LogP contribution in [0.3, 0.4) is 0 Å². The molecule has 0 saturated carbocycles. The van der Waals surface area contributed by atoms with Gasteiger partial charge >= 0.3 is 13.5 Å². The molecule has 5 aromatic carbocycles. The Balaban J connectivity index is 0.816. The number of rotatable bonds is 98. The summed E-state index contributed by atoms with van der Waals surface area (Å²) < 4.78 is 85.2. The average molecular weight is 1980 g/mol. The minimum absolute atomic E-state index is 0.0797. The van der Waals surface area contributed by atoms with Crippen LogP contribution in [0.4, 0.5) is 0 Å². The van der Waals surface area contributed by atoms with Gasteiger partial charge in [0, 0.05) is 44.7 Å². The van der Waals surface area contributed by atoms with Gasteiger partial charge in [0.1, 0.15) is 132 Å². The summed E-state index contributed by atoms with van der Waals surface area (Å²) in [5.41, 5.74) is 19.9. The van der Waals surface area contributed by atoms with Crippen LogP contribution in [0.15, 0.2) is 97.1 Å². The SMILES string of the molecule is COCCOCCOCCOCCOCCOCCOCCOCCOCCOCCOCCOCCCC1(CCCOCCOOCCOOCCOOCCOOCCOOCCOOCCOOCCOOCCOOCCOOCCOC)c2cc(-c3ccc(CCCC(=O)O)cc3)ccc2-c2ccc(-c3ccc4c(c3)C(C)(CCCCN)c3cc(BOC(C)(C)C(C)(C)O)ccc3-4)cc21. The fourth-order valence-electron chi connectivity index (χ4n) is 14.6. The number of benzene rings is 5. The Morgan fingerprint density at radius 3 is 0.878 bits per heavy atom. The number of hydrogen-bond acceptors (Lipinski definition) is 38. The van der Waals surface area contributed by atoms with Crippen molar-refractivity contribution in [2.75, 3.05) is 325 Å². The molecule has 2 aliphatic rings. The first-order valence-electron chi connectivity index (χ1n) is 48.5. The van der Waals surface area contributed by atoms with Crippen LogP contribution in [0, 0.1) is 0 Å². The van der Waals surface area contributed by atoms with E-state index in [-0.39, 0.29) is 144 Å². The van der Waals surface area contributed by atoms with Gasteiger partial charge in [-0.25, -0.2) is 97.8 Å². The highest BCUT2D eigenvalue weighted by molar-refractivity contribution is 6.47. The van der Waals surface area contributed by atoms with Gasteiger partial charge in [0.2, 0.25) is 0 Å². The predicted octanol–water partition coefficient (Wildman–Crippen LogP) is 10.2. The van der Waals surface area contributed by atoms with Crippen molar-refractivity contribution in [3.8, 4) is 44.5 Å². The van der Waals surface area contributed by atoms with Crippen molar-refractivity contribution >= 4 is 18.9 Å². The van der Waals surface area contributed by atoms with E-state index < -0.39 is 22.6 Å². The number of carbonyl (C=O) groups is 1. The van der Waals surface area contributed by atoms with Crippen LogP contribution in [0.25, 0.3) is 44.5 Å². The Morgan fingerprint density at radius 1 is 0.302 bits per heavy atom. The van der Waals surface area contributed by atoms with Crippen molar-refractivity contribution in [3.05, 3.63) is 125 Å². The third-order valence-corrected chi connectivity index (χ3v) is 22.3. The Kier molecular flexibility index (Phi) is 66.3. The molecule has 4 N–H and O–H groups in total. The van der Waals surface area contributed by atoms with Crippen molar-refractivity contribution in [2.24, 2.45) is 5.73 Å². The second-order valence-corrected chi connectivity index (χ2v) is 33.1. The van der Waals surface area contributed by atoms with E-state index in [0.29, 0.717) is 199 Å². The van der Waals surface area contributed by atoms with Crippen LogP contribution in [0.5, 0.6) is 0 Å². The number of hydrogen-bond donors (Lipinski definition) is 3. The summed E-state index contributed by atoms with van der Waals surface area (Å²) in [6.45, 7) is 24.9. The van der Waals surface area contributed by atoms with Crippen molar-refractivity contribution < 1.29 is 184 Å². The van der Waals surface area contributed by atoms with Gasteiger partial charge in [0.25, 0.3) is 0 Å². The Labute approximate surface area is 819 Å². The van der Waals surface area contributed by atoms with Gasteiger partial charge in [-0.1, -0.05) is 97.7 Å². The van der Waals surface area contributed by atoms with Crippen molar-refractivity contribution in [1.29, 1.82) is 0 Å². The van der Waals surface area contributed by atoms with Crippen molar-refractivity contribution in [1.82, 2.24) is 0 Å². The van der Waals surface area contributed by atoms with E-state index in [9.17, 15) is 15.0 Å². The number of aliphatic carboxylic acids is 1. The molecule has 0 saturated heterocycles. The second-order valence-electron chi connectivity index (χ2n) is 33.1.